The van der Waals surface area contributed by atoms with Crippen LogP contribution >= 0.6 is 0 Å². The molecule has 1 N–H and O–H groups in total. The molecule has 0 aromatic carbocycles. The number of carboxylic acid groups (broad SMARTS) is 1. The first-order chi connectivity index (χ1) is 7.34. The van der Waals surface area contributed by atoms with Gasteiger partial charge in [0, 0.05) is 6.07 Å². The Labute approximate surface area is 85.5 Å². The highest BCUT2D eigenvalue weighted by molar-refractivity contribution is 5.86. The molecule has 0 saturated carbocycles. The Kier molecular flexibility index (Phi) is 3.06. The van der Waals surface area contributed by atoms with E-state index in [1.54, 1.807) is 0 Å². The topological polar surface area (TPSA) is 93.3 Å². The molecular formula is C7H3F3N2O4. The summed E-state index contributed by atoms with van der Waals surface area (Å²) >= 11 is 0. The average Bonchev–Trinajstić information content (AvgIpc) is 2.16. The summed E-state index contributed by atoms with van der Waals surface area (Å²) in [4.78, 5) is 22.3. The van der Waals surface area contributed by atoms with Crippen molar-refractivity contribution < 1.29 is 28.0 Å². The molecule has 1 aromatic heterocycles. The van der Waals surface area contributed by atoms with Crippen molar-refractivity contribution in [1.82, 2.24) is 4.98 Å². The third-order valence-electron chi connectivity index (χ3n) is 1.60. The van der Waals surface area contributed by atoms with Gasteiger partial charge in [0.2, 0.25) is 0 Å². The van der Waals surface area contributed by atoms with Crippen molar-refractivity contribution in [3.8, 4) is 0 Å². The molecule has 0 atom stereocenters. The van der Waals surface area contributed by atoms with Crippen LogP contribution in [0, 0.1) is 15.9 Å². The standard InChI is InChI=1S/C7H3F3N2O4/c8-4-2(6(9)10)1-3(12(15)16)11-5(4)7(13)14/h1,6H,(H,13,14). The first kappa shape index (κ1) is 11.9. The molecule has 1 aromatic rings. The zero-order valence-electron chi connectivity index (χ0n) is 7.35. The maximum Gasteiger partial charge on any atom is 0.383 e. The summed E-state index contributed by atoms with van der Waals surface area (Å²) in [5.41, 5.74) is -2.76. The van der Waals surface area contributed by atoms with Crippen molar-refractivity contribution in [2.75, 3.05) is 0 Å². The van der Waals surface area contributed by atoms with E-state index in [2.05, 4.69) is 4.98 Å². The van der Waals surface area contributed by atoms with Crippen LogP contribution in [0.4, 0.5) is 19.0 Å². The zero-order chi connectivity index (χ0) is 12.5. The Balaban J connectivity index is 3.51. The number of hydrogen-bond acceptors (Lipinski definition) is 4. The van der Waals surface area contributed by atoms with E-state index in [1.165, 1.54) is 0 Å². The Hall–Kier alpha value is -2.19. The number of pyridine rings is 1. The summed E-state index contributed by atoms with van der Waals surface area (Å²) in [7, 11) is 0. The minimum Gasteiger partial charge on any atom is -0.475 e. The number of alkyl halides is 2. The van der Waals surface area contributed by atoms with Gasteiger partial charge in [-0.1, -0.05) is 0 Å². The van der Waals surface area contributed by atoms with Gasteiger partial charge in [-0.05, 0) is 9.91 Å². The lowest BCUT2D eigenvalue weighted by atomic mass is 10.2. The van der Waals surface area contributed by atoms with Crippen LogP contribution < -0.4 is 0 Å². The fourth-order valence-electron chi connectivity index (χ4n) is 0.929. The highest BCUT2D eigenvalue weighted by Crippen LogP contribution is 2.26. The van der Waals surface area contributed by atoms with Crippen molar-refractivity contribution >= 4 is 11.8 Å². The summed E-state index contributed by atoms with van der Waals surface area (Å²) in [5.74, 6) is -4.87. The van der Waals surface area contributed by atoms with Crippen LogP contribution in [-0.2, 0) is 0 Å². The molecule has 0 bridgehead atoms. The van der Waals surface area contributed by atoms with Gasteiger partial charge in [0.25, 0.3) is 12.1 Å². The monoisotopic (exact) mass is 236 g/mol. The number of halogens is 3. The fourth-order valence-corrected chi connectivity index (χ4v) is 0.929. The van der Waals surface area contributed by atoms with Gasteiger partial charge in [0.05, 0.1) is 5.56 Å². The summed E-state index contributed by atoms with van der Waals surface area (Å²) in [6.07, 6.45) is -3.36. The van der Waals surface area contributed by atoms with Gasteiger partial charge in [0.1, 0.15) is 0 Å². The van der Waals surface area contributed by atoms with Crippen LogP contribution in [0.5, 0.6) is 0 Å². The van der Waals surface area contributed by atoms with Gasteiger partial charge in [-0.3, -0.25) is 0 Å². The summed E-state index contributed by atoms with van der Waals surface area (Å²) in [6.45, 7) is 0. The lowest BCUT2D eigenvalue weighted by Gasteiger charge is -2.02. The number of nitrogens with zero attached hydrogens (tertiary/aromatic N) is 2. The summed E-state index contributed by atoms with van der Waals surface area (Å²) in [5, 5.41) is 18.7. The molecular weight excluding hydrogens is 233 g/mol. The molecule has 1 heterocycles. The van der Waals surface area contributed by atoms with Crippen LogP contribution in [0.3, 0.4) is 0 Å². The Morgan fingerprint density at radius 3 is 2.50 bits per heavy atom. The molecule has 0 unspecified atom stereocenters. The fraction of sp³-hybridized carbons (Fsp3) is 0.143. The molecule has 6 nitrogen and oxygen atoms in total. The minimum atomic E-state index is -3.36. The van der Waals surface area contributed by atoms with E-state index in [1.807, 2.05) is 0 Å². The predicted molar refractivity (Wildman–Crippen MR) is 42.8 cm³/mol. The Morgan fingerprint density at radius 1 is 1.56 bits per heavy atom. The van der Waals surface area contributed by atoms with Crippen LogP contribution in [0.2, 0.25) is 0 Å². The molecule has 86 valence electrons. The van der Waals surface area contributed by atoms with Crippen LogP contribution in [0.25, 0.3) is 0 Å². The molecule has 0 aliphatic heterocycles. The molecule has 0 radical (unpaired) electrons. The van der Waals surface area contributed by atoms with Crippen molar-refractivity contribution in [1.29, 1.82) is 0 Å². The van der Waals surface area contributed by atoms with E-state index in [0.29, 0.717) is 0 Å². The van der Waals surface area contributed by atoms with Crippen molar-refractivity contribution in [3.05, 3.63) is 33.3 Å². The highest BCUT2D eigenvalue weighted by atomic mass is 19.3. The molecule has 0 aliphatic rings. The van der Waals surface area contributed by atoms with E-state index in [-0.39, 0.29) is 6.07 Å². The molecule has 0 saturated heterocycles. The number of nitro groups is 1. The highest BCUT2D eigenvalue weighted by Gasteiger charge is 2.29. The van der Waals surface area contributed by atoms with E-state index in [0.717, 1.165) is 0 Å². The number of aromatic carboxylic acids is 1. The molecule has 0 amide bonds. The van der Waals surface area contributed by atoms with E-state index >= 15 is 0 Å². The van der Waals surface area contributed by atoms with E-state index in [4.69, 9.17) is 5.11 Å². The van der Waals surface area contributed by atoms with Gasteiger partial charge < -0.3 is 15.2 Å². The van der Waals surface area contributed by atoms with Crippen molar-refractivity contribution in [3.63, 3.8) is 0 Å². The maximum absolute atomic E-state index is 13.1. The quantitative estimate of drug-likeness (QED) is 0.637. The smallest absolute Gasteiger partial charge is 0.383 e. The van der Waals surface area contributed by atoms with Gasteiger partial charge in [-0.2, -0.15) is 0 Å². The van der Waals surface area contributed by atoms with Crippen molar-refractivity contribution in [2.24, 2.45) is 0 Å². The number of hydrogen-bond donors (Lipinski definition) is 1. The summed E-state index contributed by atoms with van der Waals surface area (Å²) in [6, 6.07) is 0.201. The van der Waals surface area contributed by atoms with E-state index in [9.17, 15) is 28.1 Å². The second-order valence-corrected chi connectivity index (χ2v) is 2.60. The second-order valence-electron chi connectivity index (χ2n) is 2.60. The van der Waals surface area contributed by atoms with E-state index < -0.39 is 40.2 Å². The first-order valence-corrected chi connectivity index (χ1v) is 3.71. The molecule has 0 aliphatic carbocycles. The van der Waals surface area contributed by atoms with Crippen LogP contribution in [-0.4, -0.2) is 21.0 Å². The zero-order valence-corrected chi connectivity index (χ0v) is 7.35. The van der Waals surface area contributed by atoms with Gasteiger partial charge in [-0.15, -0.1) is 0 Å². The largest absolute Gasteiger partial charge is 0.475 e. The number of carboxylic acids is 1. The number of rotatable bonds is 3. The van der Waals surface area contributed by atoms with Gasteiger partial charge >= 0.3 is 11.8 Å². The normalized spacial score (nSPS) is 10.5. The first-order valence-electron chi connectivity index (χ1n) is 3.71. The molecule has 9 heteroatoms. The Morgan fingerprint density at radius 2 is 2.12 bits per heavy atom. The molecule has 0 spiro atoms. The van der Waals surface area contributed by atoms with Crippen LogP contribution in [0.15, 0.2) is 6.07 Å². The summed E-state index contributed by atoms with van der Waals surface area (Å²) < 4.78 is 37.5. The Bertz CT molecular complexity index is 463. The lowest BCUT2D eigenvalue weighted by molar-refractivity contribution is -0.389. The molecule has 16 heavy (non-hydrogen) atoms. The molecule has 0 fully saturated rings. The third-order valence-corrected chi connectivity index (χ3v) is 1.60. The predicted octanol–water partition coefficient (Wildman–Crippen LogP) is 1.76. The second kappa shape index (κ2) is 4.13. The number of aromatic nitrogens is 1. The number of carbonyl (C=O) groups is 1. The minimum absolute atomic E-state index is 0.201. The van der Waals surface area contributed by atoms with Crippen molar-refractivity contribution in [2.45, 2.75) is 6.43 Å². The maximum atomic E-state index is 13.1. The SMILES string of the molecule is O=C(O)c1nc([N+](=O)[O-])cc(C(F)F)c1F. The van der Waals surface area contributed by atoms with Gasteiger partial charge in [0.15, 0.2) is 5.82 Å². The van der Waals surface area contributed by atoms with Gasteiger partial charge in [-0.25, -0.2) is 18.0 Å². The molecule has 1 rings (SSSR count). The third kappa shape index (κ3) is 2.07. The lowest BCUT2D eigenvalue weighted by Crippen LogP contribution is -2.10. The average molecular weight is 236 g/mol. The van der Waals surface area contributed by atoms with Crippen LogP contribution in [0.1, 0.15) is 22.5 Å².